The molecule has 33 heavy (non-hydrogen) atoms. The summed E-state index contributed by atoms with van der Waals surface area (Å²) in [7, 11) is 1.51. The van der Waals surface area contributed by atoms with Gasteiger partial charge in [0, 0.05) is 19.7 Å². The zero-order valence-corrected chi connectivity index (χ0v) is 20.6. The molecule has 2 rings (SSSR count). The minimum atomic E-state index is -0.595. The normalized spacial score (nSPS) is 11.0. The van der Waals surface area contributed by atoms with Gasteiger partial charge in [-0.2, -0.15) is 0 Å². The van der Waals surface area contributed by atoms with Gasteiger partial charge in [0.2, 0.25) is 5.91 Å². The predicted octanol–water partition coefficient (Wildman–Crippen LogP) is 3.89. The molecule has 1 aromatic heterocycles. The molecular weight excluding hydrogens is 444 g/mol. The Bertz CT molecular complexity index is 942. The molecule has 0 unspecified atom stereocenters. The summed E-state index contributed by atoms with van der Waals surface area (Å²) >= 11 is 1.01. The molecule has 0 atom stereocenters. The summed E-state index contributed by atoms with van der Waals surface area (Å²) in [6.07, 6.45) is 0. The van der Waals surface area contributed by atoms with Crippen molar-refractivity contribution in [3.63, 3.8) is 0 Å². The monoisotopic (exact) mass is 476 g/mol. The standard InChI is InChI=1S/C24H32N2O6S/c1-6-31-23(28)20-17(4)21(24(29)32-13-12-30-5)33-22(20)25-19(27)15-26(16(2)3)14-18-10-8-7-9-11-18/h7-11,16H,6,12-15H2,1-5H3,(H,25,27). The molecule has 0 aliphatic carbocycles. The van der Waals surface area contributed by atoms with Crippen molar-refractivity contribution in [2.45, 2.75) is 40.3 Å². The molecular formula is C24H32N2O6S. The first kappa shape index (κ1) is 26.5. The second kappa shape index (κ2) is 13.1. The summed E-state index contributed by atoms with van der Waals surface area (Å²) in [6.45, 7) is 8.63. The minimum Gasteiger partial charge on any atom is -0.462 e. The highest BCUT2D eigenvalue weighted by molar-refractivity contribution is 7.18. The lowest BCUT2D eigenvalue weighted by Gasteiger charge is -2.25. The van der Waals surface area contributed by atoms with Crippen LogP contribution in [0.2, 0.25) is 0 Å². The minimum absolute atomic E-state index is 0.0892. The summed E-state index contributed by atoms with van der Waals surface area (Å²) in [4.78, 5) is 40.3. The fourth-order valence-corrected chi connectivity index (χ4v) is 4.22. The van der Waals surface area contributed by atoms with Gasteiger partial charge in [0.25, 0.3) is 0 Å². The van der Waals surface area contributed by atoms with Gasteiger partial charge in [-0.15, -0.1) is 11.3 Å². The van der Waals surface area contributed by atoms with E-state index in [0.717, 1.165) is 16.9 Å². The Hall–Kier alpha value is -2.75. The molecule has 8 nitrogen and oxygen atoms in total. The van der Waals surface area contributed by atoms with E-state index in [0.29, 0.717) is 12.1 Å². The lowest BCUT2D eigenvalue weighted by Crippen LogP contribution is -2.37. The number of esters is 2. The van der Waals surface area contributed by atoms with Gasteiger partial charge in [-0.25, -0.2) is 9.59 Å². The lowest BCUT2D eigenvalue weighted by molar-refractivity contribution is -0.117. The molecule has 1 amide bonds. The van der Waals surface area contributed by atoms with Crippen molar-refractivity contribution >= 4 is 34.2 Å². The Morgan fingerprint density at radius 2 is 1.76 bits per heavy atom. The lowest BCUT2D eigenvalue weighted by atomic mass is 10.1. The van der Waals surface area contributed by atoms with Gasteiger partial charge in [-0.3, -0.25) is 9.69 Å². The third-order valence-corrected chi connectivity index (χ3v) is 6.08. The third kappa shape index (κ3) is 7.66. The van der Waals surface area contributed by atoms with Crippen molar-refractivity contribution in [1.29, 1.82) is 0 Å². The average molecular weight is 477 g/mol. The number of carbonyl (C=O) groups excluding carboxylic acids is 3. The number of amides is 1. The van der Waals surface area contributed by atoms with Crippen LogP contribution in [0, 0.1) is 6.92 Å². The van der Waals surface area contributed by atoms with Crippen LogP contribution < -0.4 is 5.32 Å². The molecule has 9 heteroatoms. The van der Waals surface area contributed by atoms with Gasteiger partial charge in [0.15, 0.2) is 0 Å². The number of rotatable bonds is 12. The number of ether oxygens (including phenoxy) is 3. The molecule has 0 aliphatic rings. The number of nitrogens with zero attached hydrogens (tertiary/aromatic N) is 1. The van der Waals surface area contributed by atoms with Crippen LogP contribution in [0.5, 0.6) is 0 Å². The zero-order valence-electron chi connectivity index (χ0n) is 19.8. The summed E-state index contributed by atoms with van der Waals surface area (Å²) < 4.78 is 15.3. The van der Waals surface area contributed by atoms with Crippen LogP contribution in [0.25, 0.3) is 0 Å². The zero-order chi connectivity index (χ0) is 24.4. The Kier molecular flexibility index (Phi) is 10.5. The first-order chi connectivity index (χ1) is 15.8. The van der Waals surface area contributed by atoms with Crippen molar-refractivity contribution < 1.29 is 28.6 Å². The van der Waals surface area contributed by atoms with Gasteiger partial charge in [0.05, 0.1) is 25.3 Å². The quantitative estimate of drug-likeness (QED) is 0.367. The highest BCUT2D eigenvalue weighted by Crippen LogP contribution is 2.34. The Morgan fingerprint density at radius 3 is 2.36 bits per heavy atom. The number of methoxy groups -OCH3 is 1. The maximum Gasteiger partial charge on any atom is 0.348 e. The fourth-order valence-electron chi connectivity index (χ4n) is 3.12. The van der Waals surface area contributed by atoms with Gasteiger partial charge in [0.1, 0.15) is 16.5 Å². The maximum atomic E-state index is 12.9. The number of carbonyl (C=O) groups is 3. The maximum absolute atomic E-state index is 12.9. The van der Waals surface area contributed by atoms with E-state index >= 15 is 0 Å². The van der Waals surface area contributed by atoms with E-state index in [1.54, 1.807) is 13.8 Å². The predicted molar refractivity (Wildman–Crippen MR) is 128 cm³/mol. The molecule has 180 valence electrons. The van der Waals surface area contributed by atoms with Crippen LogP contribution in [0.4, 0.5) is 5.00 Å². The fraction of sp³-hybridized carbons (Fsp3) is 0.458. The van der Waals surface area contributed by atoms with E-state index in [4.69, 9.17) is 14.2 Å². The van der Waals surface area contributed by atoms with Gasteiger partial charge in [-0.1, -0.05) is 30.3 Å². The molecule has 1 N–H and O–H groups in total. The highest BCUT2D eigenvalue weighted by Gasteiger charge is 2.28. The molecule has 0 saturated heterocycles. The molecule has 0 spiro atoms. The first-order valence-electron chi connectivity index (χ1n) is 10.8. The average Bonchev–Trinajstić information content (AvgIpc) is 3.09. The molecule has 1 aromatic carbocycles. The van der Waals surface area contributed by atoms with E-state index in [1.807, 2.05) is 49.1 Å². The Balaban J connectivity index is 2.22. The summed E-state index contributed by atoms with van der Waals surface area (Å²) in [5.74, 6) is -1.46. The number of benzene rings is 1. The van der Waals surface area contributed by atoms with Gasteiger partial charge < -0.3 is 19.5 Å². The van der Waals surface area contributed by atoms with Crippen molar-refractivity contribution in [3.05, 3.63) is 51.9 Å². The highest BCUT2D eigenvalue weighted by atomic mass is 32.1. The van der Waals surface area contributed by atoms with Crippen LogP contribution in [0.3, 0.4) is 0 Å². The number of hydrogen-bond donors (Lipinski definition) is 1. The summed E-state index contributed by atoms with van der Waals surface area (Å²) in [5, 5.41) is 3.08. The first-order valence-corrected chi connectivity index (χ1v) is 11.6. The summed E-state index contributed by atoms with van der Waals surface area (Å²) in [6, 6.07) is 10.0. The number of thiophene rings is 1. The van der Waals surface area contributed by atoms with Gasteiger partial charge >= 0.3 is 11.9 Å². The van der Waals surface area contributed by atoms with E-state index < -0.39 is 11.9 Å². The number of anilines is 1. The second-order valence-corrected chi connectivity index (χ2v) is 8.66. The molecule has 2 aromatic rings. The SMILES string of the molecule is CCOC(=O)c1c(NC(=O)CN(Cc2ccccc2)C(C)C)sc(C(=O)OCCOC)c1C. The van der Waals surface area contributed by atoms with Crippen molar-refractivity contribution in [1.82, 2.24) is 4.90 Å². The third-order valence-electron chi connectivity index (χ3n) is 4.89. The van der Waals surface area contributed by atoms with Crippen LogP contribution in [-0.4, -0.2) is 62.3 Å². The number of hydrogen-bond acceptors (Lipinski definition) is 8. The Labute approximate surface area is 198 Å². The van der Waals surface area contributed by atoms with Crippen molar-refractivity contribution in [2.75, 3.05) is 38.8 Å². The molecule has 0 aliphatic heterocycles. The van der Waals surface area contributed by atoms with Crippen molar-refractivity contribution in [3.8, 4) is 0 Å². The molecule has 0 fully saturated rings. The largest absolute Gasteiger partial charge is 0.462 e. The Morgan fingerprint density at radius 1 is 1.06 bits per heavy atom. The summed E-state index contributed by atoms with van der Waals surface area (Å²) in [5.41, 5.74) is 1.69. The van der Waals surface area contributed by atoms with Crippen molar-refractivity contribution in [2.24, 2.45) is 0 Å². The second-order valence-electron chi connectivity index (χ2n) is 7.64. The van der Waals surface area contributed by atoms with Crippen LogP contribution >= 0.6 is 11.3 Å². The van der Waals surface area contributed by atoms with E-state index in [9.17, 15) is 14.4 Å². The topological polar surface area (TPSA) is 94.2 Å². The molecule has 0 saturated carbocycles. The van der Waals surface area contributed by atoms with Crippen LogP contribution in [0.1, 0.15) is 51.9 Å². The molecule has 1 heterocycles. The van der Waals surface area contributed by atoms with Crippen LogP contribution in [0.15, 0.2) is 30.3 Å². The molecule has 0 bridgehead atoms. The van der Waals surface area contributed by atoms with Crippen LogP contribution in [-0.2, 0) is 25.5 Å². The number of nitrogens with one attached hydrogen (secondary N) is 1. The van der Waals surface area contributed by atoms with E-state index in [1.165, 1.54) is 7.11 Å². The van der Waals surface area contributed by atoms with E-state index in [-0.39, 0.29) is 53.8 Å². The van der Waals surface area contributed by atoms with Gasteiger partial charge in [-0.05, 0) is 38.8 Å². The van der Waals surface area contributed by atoms with E-state index in [2.05, 4.69) is 5.32 Å². The smallest absolute Gasteiger partial charge is 0.348 e. The molecule has 0 radical (unpaired) electrons.